The molecule has 0 unspecified atom stereocenters. The lowest BCUT2D eigenvalue weighted by molar-refractivity contribution is -0.383. The Morgan fingerprint density at radius 2 is 1.63 bits per heavy atom. The van der Waals surface area contributed by atoms with Crippen molar-refractivity contribution < 1.29 is 4.92 Å². The number of hydrogen-bond donors (Lipinski definition) is 1. The molecule has 0 fully saturated rings. The maximum absolute atomic E-state index is 12.0. The third kappa shape index (κ3) is 3.97. The molecule has 3 aromatic rings. The molecule has 27 heavy (non-hydrogen) atoms. The molecule has 0 aliphatic rings. The molecule has 0 aliphatic heterocycles. The van der Waals surface area contributed by atoms with Gasteiger partial charge in [0.05, 0.1) is 10.5 Å². The van der Waals surface area contributed by atoms with E-state index in [0.717, 1.165) is 33.5 Å². The van der Waals surface area contributed by atoms with Gasteiger partial charge in [0.25, 0.3) is 0 Å². The molecule has 138 valence electrons. The summed E-state index contributed by atoms with van der Waals surface area (Å²) in [7, 11) is 0. The van der Waals surface area contributed by atoms with E-state index < -0.39 is 0 Å². The molecule has 2 aromatic carbocycles. The summed E-state index contributed by atoms with van der Waals surface area (Å²) >= 11 is 0. The number of nitrogens with one attached hydrogen (secondary N) is 1. The smallest absolute Gasteiger partial charge is 0.319 e. The molecular weight excluding hydrogens is 338 g/mol. The van der Waals surface area contributed by atoms with Crippen LogP contribution in [0.1, 0.15) is 27.9 Å². The van der Waals surface area contributed by atoms with Crippen LogP contribution in [0.25, 0.3) is 11.1 Å². The van der Waals surface area contributed by atoms with E-state index in [1.807, 2.05) is 58.0 Å². The van der Waals surface area contributed by atoms with Crippen molar-refractivity contribution in [1.82, 2.24) is 4.98 Å². The van der Waals surface area contributed by atoms with Crippen molar-refractivity contribution in [2.45, 2.75) is 34.2 Å². The maximum Gasteiger partial charge on any atom is 0.319 e. The first kappa shape index (κ1) is 18.6. The van der Waals surface area contributed by atoms with Crippen LogP contribution in [0, 0.1) is 37.8 Å². The molecule has 0 saturated carbocycles. The van der Waals surface area contributed by atoms with Crippen molar-refractivity contribution in [3.8, 4) is 11.1 Å². The quantitative estimate of drug-likeness (QED) is 0.481. The first-order valence-electron chi connectivity index (χ1n) is 8.89. The van der Waals surface area contributed by atoms with Gasteiger partial charge < -0.3 is 5.32 Å². The molecular formula is C22H23N3O2. The summed E-state index contributed by atoms with van der Waals surface area (Å²) in [5.41, 5.74) is 6.50. The molecule has 1 N–H and O–H groups in total. The Morgan fingerprint density at radius 3 is 2.22 bits per heavy atom. The van der Waals surface area contributed by atoms with Crippen LogP contribution in [-0.2, 0) is 6.54 Å². The molecule has 0 amide bonds. The van der Waals surface area contributed by atoms with Crippen LogP contribution in [0.5, 0.6) is 0 Å². The summed E-state index contributed by atoms with van der Waals surface area (Å²) in [4.78, 5) is 16.0. The highest BCUT2D eigenvalue weighted by atomic mass is 16.6. The fourth-order valence-electron chi connectivity index (χ4n) is 3.55. The van der Waals surface area contributed by atoms with Crippen molar-refractivity contribution in [2.75, 3.05) is 5.32 Å². The molecule has 0 saturated heterocycles. The van der Waals surface area contributed by atoms with Crippen LogP contribution in [0.2, 0.25) is 0 Å². The van der Waals surface area contributed by atoms with Crippen LogP contribution < -0.4 is 5.32 Å². The van der Waals surface area contributed by atoms with Gasteiger partial charge >= 0.3 is 5.69 Å². The van der Waals surface area contributed by atoms with Crippen molar-refractivity contribution >= 4 is 11.5 Å². The molecule has 1 aromatic heterocycles. The zero-order valence-corrected chi connectivity index (χ0v) is 16.0. The van der Waals surface area contributed by atoms with Gasteiger partial charge in [0.2, 0.25) is 5.82 Å². The number of pyridine rings is 1. The van der Waals surface area contributed by atoms with E-state index in [1.54, 1.807) is 6.07 Å². The van der Waals surface area contributed by atoms with E-state index in [0.29, 0.717) is 17.9 Å². The fourth-order valence-corrected chi connectivity index (χ4v) is 3.55. The number of nitrogens with zero attached hydrogens (tertiary/aromatic N) is 2. The van der Waals surface area contributed by atoms with E-state index in [-0.39, 0.29) is 10.6 Å². The Kier molecular flexibility index (Phi) is 5.21. The minimum atomic E-state index is -0.339. The summed E-state index contributed by atoms with van der Waals surface area (Å²) in [6.45, 7) is 8.35. The summed E-state index contributed by atoms with van der Waals surface area (Å²) in [5, 5.41) is 15.1. The second-order valence-corrected chi connectivity index (χ2v) is 6.88. The van der Waals surface area contributed by atoms with E-state index in [4.69, 9.17) is 0 Å². The van der Waals surface area contributed by atoms with Gasteiger partial charge in [-0.25, -0.2) is 4.98 Å². The van der Waals surface area contributed by atoms with Gasteiger partial charge in [-0.2, -0.15) is 0 Å². The Hall–Kier alpha value is -3.21. The summed E-state index contributed by atoms with van der Waals surface area (Å²) < 4.78 is 0. The summed E-state index contributed by atoms with van der Waals surface area (Å²) in [6, 6.07) is 15.7. The molecule has 0 aliphatic carbocycles. The minimum Gasteiger partial charge on any atom is -0.360 e. The zero-order chi connectivity index (χ0) is 19.6. The van der Waals surface area contributed by atoms with Gasteiger partial charge in [-0.15, -0.1) is 0 Å². The molecule has 5 heteroatoms. The number of nitro groups is 1. The number of aryl methyl sites for hydroxylation is 4. The Bertz CT molecular complexity index is 975. The highest BCUT2D eigenvalue weighted by Gasteiger charge is 2.25. The molecule has 0 bridgehead atoms. The average molecular weight is 361 g/mol. The molecule has 3 rings (SSSR count). The van der Waals surface area contributed by atoms with E-state index >= 15 is 0 Å². The van der Waals surface area contributed by atoms with Crippen LogP contribution in [0.15, 0.2) is 48.5 Å². The summed E-state index contributed by atoms with van der Waals surface area (Å²) in [6.07, 6.45) is 0. The Balaban J connectivity index is 2.13. The van der Waals surface area contributed by atoms with Crippen molar-refractivity contribution in [1.29, 1.82) is 0 Å². The van der Waals surface area contributed by atoms with Gasteiger partial charge in [-0.05, 0) is 56.0 Å². The van der Waals surface area contributed by atoms with E-state index in [2.05, 4.69) is 22.4 Å². The van der Waals surface area contributed by atoms with Crippen LogP contribution in [-0.4, -0.2) is 9.91 Å². The molecule has 0 spiro atoms. The predicted molar refractivity (Wildman–Crippen MR) is 109 cm³/mol. The predicted octanol–water partition coefficient (Wildman–Crippen LogP) is 5.50. The number of hydrogen-bond acceptors (Lipinski definition) is 4. The van der Waals surface area contributed by atoms with Crippen LogP contribution >= 0.6 is 0 Å². The van der Waals surface area contributed by atoms with Gasteiger partial charge in [0.1, 0.15) is 0 Å². The lowest BCUT2D eigenvalue weighted by atomic mass is 9.93. The highest BCUT2D eigenvalue weighted by Crippen LogP contribution is 2.39. The third-order valence-corrected chi connectivity index (χ3v) is 4.55. The van der Waals surface area contributed by atoms with Crippen LogP contribution in [0.4, 0.5) is 11.5 Å². The van der Waals surface area contributed by atoms with Crippen molar-refractivity contribution in [2.24, 2.45) is 0 Å². The van der Waals surface area contributed by atoms with Gasteiger partial charge in [-0.1, -0.05) is 48.0 Å². The molecule has 1 heterocycles. The second kappa shape index (κ2) is 7.58. The average Bonchev–Trinajstić information content (AvgIpc) is 2.59. The second-order valence-electron chi connectivity index (χ2n) is 6.88. The number of anilines is 1. The Labute approximate surface area is 159 Å². The van der Waals surface area contributed by atoms with Gasteiger partial charge in [0.15, 0.2) is 0 Å². The minimum absolute atomic E-state index is 0.0200. The zero-order valence-electron chi connectivity index (χ0n) is 16.0. The number of aromatic nitrogens is 1. The van der Waals surface area contributed by atoms with Gasteiger partial charge in [0, 0.05) is 12.2 Å². The SMILES string of the molecule is Cc1cc(C)c(-c2cc(C)nc(NCc3ccccc3)c2[N+](=O)[O-])c(C)c1. The van der Waals surface area contributed by atoms with E-state index in [9.17, 15) is 10.1 Å². The van der Waals surface area contributed by atoms with E-state index in [1.165, 1.54) is 0 Å². The summed E-state index contributed by atoms with van der Waals surface area (Å²) in [5.74, 6) is 0.304. The first-order chi connectivity index (χ1) is 12.9. The normalized spacial score (nSPS) is 10.7. The monoisotopic (exact) mass is 361 g/mol. The lowest BCUT2D eigenvalue weighted by Crippen LogP contribution is -2.07. The van der Waals surface area contributed by atoms with Crippen LogP contribution in [0.3, 0.4) is 0 Å². The number of benzene rings is 2. The van der Waals surface area contributed by atoms with Crippen molar-refractivity contribution in [3.05, 3.63) is 86.6 Å². The molecule has 0 radical (unpaired) electrons. The Morgan fingerprint density at radius 1 is 1.00 bits per heavy atom. The topological polar surface area (TPSA) is 68.1 Å². The van der Waals surface area contributed by atoms with Crippen molar-refractivity contribution in [3.63, 3.8) is 0 Å². The maximum atomic E-state index is 12.0. The number of rotatable bonds is 5. The largest absolute Gasteiger partial charge is 0.360 e. The van der Waals surface area contributed by atoms with Gasteiger partial charge in [-0.3, -0.25) is 10.1 Å². The highest BCUT2D eigenvalue weighted by molar-refractivity contribution is 5.84. The molecule has 5 nitrogen and oxygen atoms in total. The lowest BCUT2D eigenvalue weighted by Gasteiger charge is -2.15. The third-order valence-electron chi connectivity index (χ3n) is 4.55. The first-order valence-corrected chi connectivity index (χ1v) is 8.89. The fraction of sp³-hybridized carbons (Fsp3) is 0.227. The standard InChI is InChI=1S/C22H23N3O2/c1-14-10-15(2)20(16(3)11-14)19-12-17(4)24-22(21(19)25(26)27)23-13-18-8-6-5-7-9-18/h5-12H,13H2,1-4H3,(H,23,24). The molecule has 0 atom stereocenters.